The molecule has 6 aromatic rings. The van der Waals surface area contributed by atoms with Gasteiger partial charge in [-0.15, -0.1) is 0 Å². The van der Waals surface area contributed by atoms with E-state index in [4.69, 9.17) is 47.9 Å². The van der Waals surface area contributed by atoms with E-state index in [-0.39, 0.29) is 0 Å². The fourth-order valence-electron chi connectivity index (χ4n) is 5.84. The summed E-state index contributed by atoms with van der Waals surface area (Å²) in [5.41, 5.74) is 7.60. The summed E-state index contributed by atoms with van der Waals surface area (Å²) in [6.07, 6.45) is 0. The summed E-state index contributed by atoms with van der Waals surface area (Å²) < 4.78 is 47.4. The van der Waals surface area contributed by atoms with Crippen molar-refractivity contribution in [1.29, 1.82) is 0 Å². The summed E-state index contributed by atoms with van der Waals surface area (Å²) in [7, 11) is 0. The van der Waals surface area contributed by atoms with Gasteiger partial charge in [0.05, 0.1) is 75.6 Å². The lowest BCUT2D eigenvalue weighted by Crippen LogP contribution is -2.09. The molecular weight excluding hydrogens is 709 g/mol. The monoisotopic (exact) mass is 754 g/mol. The molecule has 0 saturated carbocycles. The number of ether oxygens (including phenoxy) is 8. The molecule has 7 aliphatic rings. The fourth-order valence-corrected chi connectivity index (χ4v) is 5.84. The molecule has 0 aliphatic carbocycles. The van der Waals surface area contributed by atoms with E-state index in [9.17, 15) is 0 Å². The highest BCUT2D eigenvalue weighted by Gasteiger charge is 2.06. The van der Waals surface area contributed by atoms with Gasteiger partial charge in [-0.25, -0.2) is 0 Å². The minimum atomic E-state index is 0.400. The van der Waals surface area contributed by atoms with E-state index < -0.39 is 0 Å². The molecule has 288 valence electrons. The Morgan fingerprint density at radius 3 is 0.732 bits per heavy atom. The second-order valence-electron chi connectivity index (χ2n) is 13.2. The van der Waals surface area contributed by atoms with Crippen LogP contribution in [0.2, 0.25) is 0 Å². The summed E-state index contributed by atoms with van der Waals surface area (Å²) in [5.74, 6) is 3.10. The van der Waals surface area contributed by atoms with E-state index in [1.165, 1.54) is 0 Å². The summed E-state index contributed by atoms with van der Waals surface area (Å²) in [6, 6.07) is 43.3. The molecule has 0 N–H and O–H groups in total. The minimum Gasteiger partial charge on any atom is -0.490 e. The summed E-state index contributed by atoms with van der Waals surface area (Å²) in [4.78, 5) is 9.41. The number of benzene rings is 4. The number of hydrogen-bond donors (Lipinski definition) is 0. The van der Waals surface area contributed by atoms with Gasteiger partial charge < -0.3 is 37.9 Å². The molecule has 0 spiro atoms. The summed E-state index contributed by atoms with van der Waals surface area (Å²) >= 11 is 0. The van der Waals surface area contributed by atoms with Crippen LogP contribution >= 0.6 is 0 Å². The Morgan fingerprint density at radius 2 is 0.500 bits per heavy atom. The Kier molecular flexibility index (Phi) is 14.3. The second kappa shape index (κ2) is 20.8. The topological polar surface area (TPSA) is 99.6 Å². The average Bonchev–Trinajstić information content (AvgIpc) is 3.23. The van der Waals surface area contributed by atoms with E-state index in [2.05, 4.69) is 0 Å². The highest BCUT2D eigenvalue weighted by Crippen LogP contribution is 2.18. The summed E-state index contributed by atoms with van der Waals surface area (Å²) in [5, 5.41) is 0. The zero-order valence-corrected chi connectivity index (χ0v) is 31.3. The van der Waals surface area contributed by atoms with Gasteiger partial charge in [0.1, 0.15) is 49.4 Å². The number of pyridine rings is 2. The molecule has 2 aromatic heterocycles. The van der Waals surface area contributed by atoms with Crippen LogP contribution < -0.4 is 18.9 Å². The first-order valence-corrected chi connectivity index (χ1v) is 18.8. The lowest BCUT2D eigenvalue weighted by atomic mass is 10.2. The molecule has 0 saturated heterocycles. The van der Waals surface area contributed by atoms with Gasteiger partial charge in [-0.1, -0.05) is 60.7 Å². The van der Waals surface area contributed by atoms with Crippen molar-refractivity contribution in [2.24, 2.45) is 0 Å². The van der Waals surface area contributed by atoms with Crippen LogP contribution in [0.5, 0.6) is 23.0 Å². The smallest absolute Gasteiger partial charge is 0.122 e. The number of nitrogens with zero attached hydrogens (tertiary/aromatic N) is 2. The van der Waals surface area contributed by atoms with Gasteiger partial charge in [-0.2, -0.15) is 0 Å². The van der Waals surface area contributed by atoms with Gasteiger partial charge >= 0.3 is 0 Å². The van der Waals surface area contributed by atoms with Crippen LogP contribution in [0.1, 0.15) is 45.0 Å². The van der Waals surface area contributed by atoms with Crippen molar-refractivity contribution in [2.45, 2.75) is 52.9 Å². The van der Waals surface area contributed by atoms with Gasteiger partial charge in [0.25, 0.3) is 0 Å². The third kappa shape index (κ3) is 12.6. The Bertz CT molecular complexity index is 1760. The Morgan fingerprint density at radius 1 is 0.268 bits per heavy atom. The molecule has 12 bridgehead atoms. The molecular formula is C46H46N2O8. The molecule has 10 heteroatoms. The van der Waals surface area contributed by atoms with Crippen molar-refractivity contribution in [3.05, 3.63) is 178 Å². The molecule has 0 amide bonds. The molecule has 7 aliphatic heterocycles. The first-order chi connectivity index (χ1) is 27.7. The van der Waals surface area contributed by atoms with Crippen LogP contribution in [0.25, 0.3) is 0 Å². The van der Waals surface area contributed by atoms with E-state index in [1.807, 2.05) is 133 Å². The van der Waals surface area contributed by atoms with Gasteiger partial charge in [0.2, 0.25) is 0 Å². The molecule has 0 unspecified atom stereocenters. The maximum Gasteiger partial charge on any atom is 0.122 e. The molecule has 4 aromatic carbocycles. The molecule has 0 radical (unpaired) electrons. The Balaban J connectivity index is 0.922. The van der Waals surface area contributed by atoms with Gasteiger partial charge in [0.15, 0.2) is 0 Å². The number of rotatable bonds is 0. The van der Waals surface area contributed by atoms with Crippen LogP contribution in [0, 0.1) is 0 Å². The number of hydrogen-bond acceptors (Lipinski definition) is 10. The highest BCUT2D eigenvalue weighted by atomic mass is 16.5. The van der Waals surface area contributed by atoms with Crippen LogP contribution in [0.15, 0.2) is 133 Å². The predicted octanol–water partition coefficient (Wildman–Crippen LogP) is 8.57. The molecule has 13 rings (SSSR count). The quantitative estimate of drug-likeness (QED) is 0.150. The van der Waals surface area contributed by atoms with Crippen molar-refractivity contribution < 1.29 is 37.9 Å². The van der Waals surface area contributed by atoms with Crippen molar-refractivity contribution in [2.75, 3.05) is 26.4 Å². The van der Waals surface area contributed by atoms with Crippen molar-refractivity contribution in [3.63, 3.8) is 0 Å². The second-order valence-corrected chi connectivity index (χ2v) is 13.2. The van der Waals surface area contributed by atoms with E-state index >= 15 is 0 Å². The van der Waals surface area contributed by atoms with Gasteiger partial charge in [-0.05, 0) is 95.1 Å². The minimum absolute atomic E-state index is 0.400. The third-order valence-corrected chi connectivity index (χ3v) is 8.74. The lowest BCUT2D eigenvalue weighted by Gasteiger charge is -2.11. The average molecular weight is 755 g/mol. The maximum atomic E-state index is 5.96. The van der Waals surface area contributed by atoms with Crippen molar-refractivity contribution in [1.82, 2.24) is 9.97 Å². The van der Waals surface area contributed by atoms with E-state index in [0.717, 1.165) is 68.0 Å². The SMILES string of the molecule is c1cc2nc(c1)COCc1ccc(cc1)OCCOc1ccc(cc1)COCc1cccc(n1)COCc1ccc(cc1)OCCOc1ccc(cc1)COC2. The molecule has 56 heavy (non-hydrogen) atoms. The van der Waals surface area contributed by atoms with Crippen molar-refractivity contribution >= 4 is 0 Å². The first kappa shape index (κ1) is 38.5. The zero-order valence-electron chi connectivity index (χ0n) is 31.3. The summed E-state index contributed by atoms with van der Waals surface area (Å²) in [6.45, 7) is 5.16. The van der Waals surface area contributed by atoms with Crippen molar-refractivity contribution in [3.8, 4) is 23.0 Å². The fraction of sp³-hybridized carbons (Fsp3) is 0.261. The largest absolute Gasteiger partial charge is 0.490 e. The highest BCUT2D eigenvalue weighted by molar-refractivity contribution is 5.30. The number of aromatic nitrogens is 2. The standard InChI is InChI=1S/C46H46N2O8/c1-3-39-31-49-27-35-7-15-43(16-8-35)53-23-25-55-45-19-11-37(12-20-45)29-51-33-41-5-2-6-42(48-41)34-52-30-38-13-21-46(22-14-38)56-26-24-54-44-17-9-36(10-18-44)28-50-32-40(4-1)47-39/h1-22H,23-34H2. The Hall–Kier alpha value is -5.78. The van der Waals surface area contributed by atoms with Crippen LogP contribution in [0.4, 0.5) is 0 Å². The first-order valence-electron chi connectivity index (χ1n) is 18.8. The van der Waals surface area contributed by atoms with E-state index in [0.29, 0.717) is 79.3 Å². The molecule has 0 fully saturated rings. The van der Waals surface area contributed by atoms with Gasteiger partial charge in [-0.3, -0.25) is 9.97 Å². The normalized spacial score (nSPS) is 15.3. The van der Waals surface area contributed by atoms with Crippen LogP contribution in [-0.4, -0.2) is 36.4 Å². The van der Waals surface area contributed by atoms with Gasteiger partial charge in [0, 0.05) is 0 Å². The van der Waals surface area contributed by atoms with E-state index in [1.54, 1.807) is 0 Å². The van der Waals surface area contributed by atoms with Crippen LogP contribution in [0.3, 0.4) is 0 Å². The Labute approximate surface area is 327 Å². The van der Waals surface area contributed by atoms with Crippen LogP contribution in [-0.2, 0) is 71.8 Å². The molecule has 9 heterocycles. The third-order valence-electron chi connectivity index (χ3n) is 8.74. The lowest BCUT2D eigenvalue weighted by molar-refractivity contribution is 0.0979. The zero-order chi connectivity index (χ0) is 38.0. The molecule has 0 atom stereocenters. The maximum absolute atomic E-state index is 5.96. The molecule has 10 nitrogen and oxygen atoms in total. The predicted molar refractivity (Wildman–Crippen MR) is 210 cm³/mol.